The molecule has 0 amide bonds. The number of fused-ring (bicyclic) bond motifs is 4. The van der Waals surface area contributed by atoms with E-state index in [2.05, 4.69) is 31.7 Å². The van der Waals surface area contributed by atoms with Gasteiger partial charge in [0.05, 0.1) is 22.0 Å². The molecule has 7 heterocycles. The summed E-state index contributed by atoms with van der Waals surface area (Å²) in [6.07, 6.45) is 4.43. The second-order valence-corrected chi connectivity index (χ2v) is 12.4. The molecule has 0 spiro atoms. The first kappa shape index (κ1) is 28.2. The minimum atomic E-state index is -4.80. The minimum absolute atomic E-state index is 0.0158. The van der Waals surface area contributed by atoms with Gasteiger partial charge in [0.15, 0.2) is 5.82 Å². The monoisotopic (exact) mass is 598 g/mol. The van der Waals surface area contributed by atoms with E-state index in [0.29, 0.717) is 25.5 Å². The number of alkyl halides is 3. The third kappa shape index (κ3) is 4.67. The van der Waals surface area contributed by atoms with Gasteiger partial charge in [-0.3, -0.25) is 9.88 Å². The molecule has 0 saturated carbocycles. The highest BCUT2D eigenvalue weighted by atomic mass is 19.4. The van der Waals surface area contributed by atoms with E-state index in [4.69, 9.17) is 15.5 Å². The van der Waals surface area contributed by atoms with Gasteiger partial charge in [0, 0.05) is 25.3 Å². The average molecular weight is 599 g/mol. The number of aryl methyl sites for hydroxylation is 1. The number of piperazine rings is 1. The number of hydrogen-bond acceptors (Lipinski definition) is 9. The van der Waals surface area contributed by atoms with Gasteiger partial charge in [-0.05, 0) is 70.2 Å². The molecule has 3 aromatic rings. The Morgan fingerprint density at radius 2 is 1.93 bits per heavy atom. The molecule has 0 aromatic carbocycles. The first-order valence-electron chi connectivity index (χ1n) is 14.8. The lowest BCUT2D eigenvalue weighted by molar-refractivity contribution is -0.137. The molecular weight excluding hydrogens is 564 g/mol. The summed E-state index contributed by atoms with van der Waals surface area (Å²) in [4.78, 5) is 21.8. The number of nitrogen functional groups attached to an aromatic ring is 1. The van der Waals surface area contributed by atoms with E-state index >= 15 is 4.39 Å². The maximum Gasteiger partial charge on any atom is 0.418 e. The SMILES string of the molecule is C=CC12CCC(CN(c3nc(OCC45CCCN4CCC5)nc4c(F)c(-c5nc(N)cc(C)c5C(F)(F)F)ncc34)C1)N2. The van der Waals surface area contributed by atoms with Crippen molar-refractivity contribution in [1.82, 2.24) is 30.2 Å². The third-order valence-corrected chi connectivity index (χ3v) is 9.70. The highest BCUT2D eigenvalue weighted by Gasteiger charge is 2.46. The quantitative estimate of drug-likeness (QED) is 0.310. The summed E-state index contributed by atoms with van der Waals surface area (Å²) in [5, 5.41) is 3.90. The molecular formula is C30H34F4N8O. The minimum Gasteiger partial charge on any atom is -0.461 e. The molecule has 2 bridgehead atoms. The van der Waals surface area contributed by atoms with Gasteiger partial charge in [0.2, 0.25) is 0 Å². The van der Waals surface area contributed by atoms with Gasteiger partial charge in [-0.2, -0.15) is 23.1 Å². The van der Waals surface area contributed by atoms with Crippen LogP contribution in [0.25, 0.3) is 22.3 Å². The lowest BCUT2D eigenvalue weighted by Crippen LogP contribution is -2.58. The second kappa shape index (κ2) is 9.98. The van der Waals surface area contributed by atoms with Gasteiger partial charge in [-0.25, -0.2) is 9.37 Å². The fraction of sp³-hybridized carbons (Fsp3) is 0.533. The van der Waals surface area contributed by atoms with Crippen LogP contribution in [0.5, 0.6) is 6.01 Å². The Bertz CT molecular complexity index is 1600. The van der Waals surface area contributed by atoms with E-state index in [0.717, 1.165) is 57.7 Å². The first-order valence-corrected chi connectivity index (χ1v) is 14.8. The highest BCUT2D eigenvalue weighted by Crippen LogP contribution is 2.42. The molecule has 0 radical (unpaired) electrons. The van der Waals surface area contributed by atoms with Gasteiger partial charge in [0.25, 0.3) is 0 Å². The van der Waals surface area contributed by atoms with Gasteiger partial charge < -0.3 is 20.7 Å². The van der Waals surface area contributed by atoms with E-state index in [-0.39, 0.29) is 45.4 Å². The van der Waals surface area contributed by atoms with E-state index in [1.165, 1.54) is 13.1 Å². The van der Waals surface area contributed by atoms with Crippen molar-refractivity contribution in [2.45, 2.75) is 68.7 Å². The molecule has 13 heteroatoms. The molecule has 0 aliphatic carbocycles. The maximum absolute atomic E-state index is 16.5. The molecule has 4 saturated heterocycles. The number of aromatic nitrogens is 4. The Morgan fingerprint density at radius 3 is 2.65 bits per heavy atom. The number of anilines is 2. The zero-order valence-electron chi connectivity index (χ0n) is 24.0. The van der Waals surface area contributed by atoms with Crippen LogP contribution in [0, 0.1) is 12.7 Å². The van der Waals surface area contributed by atoms with E-state index in [1.54, 1.807) is 0 Å². The van der Waals surface area contributed by atoms with Crippen molar-refractivity contribution in [2.24, 2.45) is 0 Å². The summed E-state index contributed by atoms with van der Waals surface area (Å²) in [6.45, 7) is 8.81. The molecule has 9 nitrogen and oxygen atoms in total. The number of nitrogens with zero attached hydrogens (tertiary/aromatic N) is 6. The van der Waals surface area contributed by atoms with Crippen LogP contribution < -0.4 is 20.7 Å². The van der Waals surface area contributed by atoms with Crippen molar-refractivity contribution in [3.63, 3.8) is 0 Å². The zero-order valence-corrected chi connectivity index (χ0v) is 24.0. The molecule has 3 aromatic heterocycles. The lowest BCUT2D eigenvalue weighted by Gasteiger charge is -2.40. The van der Waals surface area contributed by atoms with Crippen molar-refractivity contribution in [3.8, 4) is 17.4 Å². The molecule has 2 atom stereocenters. The van der Waals surface area contributed by atoms with Crippen LogP contribution in [0.4, 0.5) is 29.2 Å². The van der Waals surface area contributed by atoms with Crippen molar-refractivity contribution < 1.29 is 22.3 Å². The van der Waals surface area contributed by atoms with E-state index in [1.807, 2.05) is 11.0 Å². The first-order chi connectivity index (χ1) is 20.5. The third-order valence-electron chi connectivity index (χ3n) is 9.70. The van der Waals surface area contributed by atoms with E-state index < -0.39 is 28.9 Å². The van der Waals surface area contributed by atoms with Crippen LogP contribution in [-0.4, -0.2) is 74.7 Å². The summed E-state index contributed by atoms with van der Waals surface area (Å²) in [5.74, 6) is -0.776. The van der Waals surface area contributed by atoms with Gasteiger partial charge in [0.1, 0.15) is 35.1 Å². The molecule has 3 N–H and O–H groups in total. The predicted molar refractivity (Wildman–Crippen MR) is 154 cm³/mol. The molecule has 228 valence electrons. The summed E-state index contributed by atoms with van der Waals surface area (Å²) < 4.78 is 65.1. The van der Waals surface area contributed by atoms with Crippen LogP contribution in [0.3, 0.4) is 0 Å². The Balaban J connectivity index is 1.37. The standard InChI is InChI=1S/C30H34F4N8O/c1-3-28-9-6-18(40-28)14-41(15-28)26-19-13-36-25(24-21(30(32,33)34)17(2)12-20(35)37-24)22(31)23(19)38-27(39-26)43-16-29-7-4-10-42(29)11-5-8-29/h3,12-13,18,40H,1,4-11,14-16H2,2H3,(H2,35,37). The number of ether oxygens (including phenoxy) is 1. The Morgan fingerprint density at radius 1 is 1.16 bits per heavy atom. The molecule has 4 fully saturated rings. The molecule has 43 heavy (non-hydrogen) atoms. The lowest BCUT2D eigenvalue weighted by atomic mass is 9.95. The summed E-state index contributed by atoms with van der Waals surface area (Å²) in [5.41, 5.74) is 2.69. The van der Waals surface area contributed by atoms with Crippen molar-refractivity contribution in [1.29, 1.82) is 0 Å². The van der Waals surface area contributed by atoms with Crippen LogP contribution in [0.2, 0.25) is 0 Å². The number of pyridine rings is 2. The number of nitrogens with two attached hydrogens (primary N) is 1. The average Bonchev–Trinajstić information content (AvgIpc) is 3.63. The van der Waals surface area contributed by atoms with E-state index in [9.17, 15) is 13.2 Å². The van der Waals surface area contributed by atoms with Crippen molar-refractivity contribution in [3.05, 3.63) is 41.9 Å². The second-order valence-electron chi connectivity index (χ2n) is 12.4. The van der Waals surface area contributed by atoms with Crippen LogP contribution in [0.1, 0.15) is 49.7 Å². The van der Waals surface area contributed by atoms with Gasteiger partial charge in [-0.1, -0.05) is 6.08 Å². The molecule has 4 aliphatic heterocycles. The summed E-state index contributed by atoms with van der Waals surface area (Å²) in [7, 11) is 0. The number of nitrogens with one attached hydrogen (secondary N) is 1. The zero-order chi connectivity index (χ0) is 30.1. The van der Waals surface area contributed by atoms with Crippen LogP contribution >= 0.6 is 0 Å². The Labute approximate surface area is 246 Å². The van der Waals surface area contributed by atoms with Crippen molar-refractivity contribution in [2.75, 3.05) is 43.4 Å². The van der Waals surface area contributed by atoms with Crippen LogP contribution in [-0.2, 0) is 6.18 Å². The number of rotatable bonds is 6. The summed E-state index contributed by atoms with van der Waals surface area (Å²) >= 11 is 0. The Kier molecular flexibility index (Phi) is 6.55. The predicted octanol–water partition coefficient (Wildman–Crippen LogP) is 4.64. The Hall–Kier alpha value is -3.58. The van der Waals surface area contributed by atoms with Crippen LogP contribution in [0.15, 0.2) is 24.9 Å². The smallest absolute Gasteiger partial charge is 0.418 e. The number of hydrogen-bond donors (Lipinski definition) is 2. The molecule has 4 aliphatic rings. The van der Waals surface area contributed by atoms with Gasteiger partial charge >= 0.3 is 12.2 Å². The normalized spacial score (nSPS) is 25.0. The maximum atomic E-state index is 16.5. The largest absolute Gasteiger partial charge is 0.461 e. The molecule has 2 unspecified atom stereocenters. The topological polar surface area (TPSA) is 105 Å². The van der Waals surface area contributed by atoms with Crippen molar-refractivity contribution >= 4 is 22.5 Å². The molecule has 7 rings (SSSR count). The van der Waals surface area contributed by atoms with Gasteiger partial charge in [-0.15, -0.1) is 6.58 Å². The fourth-order valence-corrected chi connectivity index (χ4v) is 7.68. The fourth-order valence-electron chi connectivity index (χ4n) is 7.68. The summed E-state index contributed by atoms with van der Waals surface area (Å²) in [6, 6.07) is 1.27. The highest BCUT2D eigenvalue weighted by molar-refractivity contribution is 5.92. The number of halogens is 4.